The van der Waals surface area contributed by atoms with Gasteiger partial charge in [-0.05, 0) is 47.2 Å². The highest BCUT2D eigenvalue weighted by atomic mass is 127. The number of thioether (sulfide) groups is 1. The molecule has 1 aliphatic rings. The van der Waals surface area contributed by atoms with Gasteiger partial charge in [-0.15, -0.1) is 11.8 Å². The Morgan fingerprint density at radius 1 is 1.57 bits per heavy atom. The number of nitrogens with zero attached hydrogens (tertiary/aromatic N) is 1. The largest absolute Gasteiger partial charge is 0.480 e. The SMILES string of the molecule is CCC1SCC(C(=O)O)N1C(=O)Nc1ccc(I)cc1Cl. The summed E-state index contributed by atoms with van der Waals surface area (Å²) in [5.41, 5.74) is 0.484. The molecule has 21 heavy (non-hydrogen) atoms. The van der Waals surface area contributed by atoms with E-state index < -0.39 is 18.0 Å². The van der Waals surface area contributed by atoms with E-state index in [0.717, 1.165) is 3.57 Å². The number of hydrogen-bond donors (Lipinski definition) is 2. The van der Waals surface area contributed by atoms with Gasteiger partial charge in [-0.25, -0.2) is 9.59 Å². The van der Waals surface area contributed by atoms with Crippen LogP contribution in [0.3, 0.4) is 0 Å². The van der Waals surface area contributed by atoms with Crippen LogP contribution in [0.25, 0.3) is 0 Å². The summed E-state index contributed by atoms with van der Waals surface area (Å²) in [4.78, 5) is 25.1. The van der Waals surface area contributed by atoms with E-state index in [0.29, 0.717) is 22.9 Å². The van der Waals surface area contributed by atoms with Crippen LogP contribution in [0.1, 0.15) is 13.3 Å². The van der Waals surface area contributed by atoms with Crippen molar-refractivity contribution in [1.82, 2.24) is 4.90 Å². The zero-order valence-corrected chi connectivity index (χ0v) is 14.9. The molecule has 0 spiro atoms. The Morgan fingerprint density at radius 3 is 2.86 bits per heavy atom. The molecular weight excluding hydrogens is 427 g/mol. The van der Waals surface area contributed by atoms with E-state index in [1.165, 1.54) is 16.7 Å². The third-order valence-corrected chi connectivity index (χ3v) is 5.57. The number of aliphatic carboxylic acids is 1. The van der Waals surface area contributed by atoms with E-state index in [2.05, 4.69) is 27.9 Å². The summed E-state index contributed by atoms with van der Waals surface area (Å²) in [5, 5.41) is 12.2. The summed E-state index contributed by atoms with van der Waals surface area (Å²) in [5.74, 6) is -0.580. The van der Waals surface area contributed by atoms with Crippen molar-refractivity contribution >= 4 is 63.6 Å². The van der Waals surface area contributed by atoms with Gasteiger partial charge in [-0.2, -0.15) is 0 Å². The highest BCUT2D eigenvalue weighted by molar-refractivity contribution is 14.1. The molecule has 0 radical (unpaired) electrons. The highest BCUT2D eigenvalue weighted by Crippen LogP contribution is 2.32. The minimum Gasteiger partial charge on any atom is -0.480 e. The summed E-state index contributed by atoms with van der Waals surface area (Å²) in [6.45, 7) is 1.93. The fraction of sp³-hybridized carbons (Fsp3) is 0.385. The lowest BCUT2D eigenvalue weighted by Crippen LogP contribution is -2.47. The van der Waals surface area contributed by atoms with Gasteiger partial charge in [0, 0.05) is 9.32 Å². The Labute approximate surface area is 145 Å². The van der Waals surface area contributed by atoms with Crippen LogP contribution >= 0.6 is 46.0 Å². The Kier molecular flexibility index (Phi) is 5.61. The lowest BCUT2D eigenvalue weighted by molar-refractivity contribution is -0.141. The highest BCUT2D eigenvalue weighted by Gasteiger charge is 2.40. The maximum atomic E-state index is 12.4. The van der Waals surface area contributed by atoms with E-state index in [-0.39, 0.29) is 5.37 Å². The average Bonchev–Trinajstić information content (AvgIpc) is 2.86. The van der Waals surface area contributed by atoms with Crippen molar-refractivity contribution < 1.29 is 14.7 Å². The van der Waals surface area contributed by atoms with E-state index in [4.69, 9.17) is 11.6 Å². The van der Waals surface area contributed by atoms with Gasteiger partial charge in [0.05, 0.1) is 16.1 Å². The summed E-state index contributed by atoms with van der Waals surface area (Å²) >= 11 is 9.70. The lowest BCUT2D eigenvalue weighted by atomic mass is 10.2. The summed E-state index contributed by atoms with van der Waals surface area (Å²) in [6, 6.07) is 4.04. The van der Waals surface area contributed by atoms with Gasteiger partial charge in [0.1, 0.15) is 6.04 Å². The first-order chi connectivity index (χ1) is 9.93. The maximum absolute atomic E-state index is 12.4. The number of nitrogens with one attached hydrogen (secondary N) is 1. The Hall–Kier alpha value is -0.670. The molecule has 1 aromatic rings. The monoisotopic (exact) mass is 440 g/mol. The predicted octanol–water partition coefficient (Wildman–Crippen LogP) is 3.71. The number of anilines is 1. The smallest absolute Gasteiger partial charge is 0.327 e. The van der Waals surface area contributed by atoms with E-state index in [9.17, 15) is 14.7 Å². The van der Waals surface area contributed by atoms with Crippen LogP contribution in [0, 0.1) is 3.57 Å². The van der Waals surface area contributed by atoms with Gasteiger partial charge in [0.15, 0.2) is 0 Å². The Morgan fingerprint density at radius 2 is 2.29 bits per heavy atom. The number of urea groups is 1. The third-order valence-electron chi connectivity index (χ3n) is 3.13. The molecule has 0 saturated carbocycles. The maximum Gasteiger partial charge on any atom is 0.327 e. The summed E-state index contributed by atoms with van der Waals surface area (Å²) in [7, 11) is 0. The Bertz CT molecular complexity index is 572. The van der Waals surface area contributed by atoms with Crippen molar-refractivity contribution in [1.29, 1.82) is 0 Å². The van der Waals surface area contributed by atoms with Crippen molar-refractivity contribution in [2.45, 2.75) is 24.8 Å². The van der Waals surface area contributed by atoms with Crippen molar-refractivity contribution in [3.05, 3.63) is 26.8 Å². The minimum absolute atomic E-state index is 0.131. The lowest BCUT2D eigenvalue weighted by Gasteiger charge is -2.27. The molecule has 0 aliphatic carbocycles. The standard InChI is InChI=1S/C13H14ClIN2O3S/c1-2-11-17(10(6-21-11)12(18)19)13(20)16-9-4-3-7(15)5-8(9)14/h3-5,10-11H,2,6H2,1H3,(H,16,20)(H,18,19). The first-order valence-electron chi connectivity index (χ1n) is 6.32. The fourth-order valence-corrected chi connectivity index (χ4v) is 4.36. The van der Waals surface area contributed by atoms with Crippen LogP contribution in [0.4, 0.5) is 10.5 Å². The number of rotatable bonds is 3. The van der Waals surface area contributed by atoms with Crippen LogP contribution in [-0.2, 0) is 4.79 Å². The fourth-order valence-electron chi connectivity index (χ4n) is 2.11. The van der Waals surface area contributed by atoms with Gasteiger partial charge >= 0.3 is 12.0 Å². The van der Waals surface area contributed by atoms with E-state index in [1.54, 1.807) is 12.1 Å². The van der Waals surface area contributed by atoms with Crippen LogP contribution in [0.5, 0.6) is 0 Å². The molecule has 114 valence electrons. The van der Waals surface area contributed by atoms with E-state index >= 15 is 0 Å². The molecule has 8 heteroatoms. The molecule has 2 N–H and O–H groups in total. The number of carboxylic acid groups (broad SMARTS) is 1. The number of carbonyl (C=O) groups excluding carboxylic acids is 1. The Balaban J connectivity index is 2.18. The molecule has 1 heterocycles. The topological polar surface area (TPSA) is 69.6 Å². The molecule has 1 aliphatic heterocycles. The van der Waals surface area contributed by atoms with Crippen LogP contribution in [-0.4, -0.2) is 39.2 Å². The van der Waals surface area contributed by atoms with Crippen molar-refractivity contribution in [2.75, 3.05) is 11.1 Å². The number of carboxylic acids is 1. The molecule has 1 aromatic carbocycles. The normalized spacial score (nSPS) is 21.4. The first-order valence-corrected chi connectivity index (χ1v) is 8.83. The molecule has 1 saturated heterocycles. The molecular formula is C13H14ClIN2O3S. The van der Waals surface area contributed by atoms with Crippen molar-refractivity contribution in [3.63, 3.8) is 0 Å². The number of amides is 2. The minimum atomic E-state index is -0.984. The van der Waals surface area contributed by atoms with Gasteiger partial charge in [-0.1, -0.05) is 18.5 Å². The van der Waals surface area contributed by atoms with Crippen molar-refractivity contribution in [3.8, 4) is 0 Å². The zero-order valence-electron chi connectivity index (χ0n) is 11.2. The molecule has 0 bridgehead atoms. The van der Waals surface area contributed by atoms with Crippen LogP contribution in [0.15, 0.2) is 18.2 Å². The number of halogens is 2. The number of carbonyl (C=O) groups is 2. The van der Waals surface area contributed by atoms with Gasteiger partial charge in [0.2, 0.25) is 0 Å². The average molecular weight is 441 g/mol. The van der Waals surface area contributed by atoms with Gasteiger partial charge in [-0.3, -0.25) is 4.90 Å². The number of benzene rings is 1. The zero-order chi connectivity index (χ0) is 15.6. The van der Waals surface area contributed by atoms with Crippen LogP contribution in [0.2, 0.25) is 5.02 Å². The molecule has 5 nitrogen and oxygen atoms in total. The predicted molar refractivity (Wildman–Crippen MR) is 93.0 cm³/mol. The number of hydrogen-bond acceptors (Lipinski definition) is 3. The molecule has 0 aromatic heterocycles. The molecule has 2 unspecified atom stereocenters. The molecule has 2 rings (SSSR count). The summed E-state index contributed by atoms with van der Waals surface area (Å²) < 4.78 is 0.960. The molecule has 1 fully saturated rings. The molecule has 2 amide bonds. The molecule has 2 atom stereocenters. The summed E-state index contributed by atoms with van der Waals surface area (Å²) in [6.07, 6.45) is 0.697. The second-order valence-corrected chi connectivity index (χ2v) is 7.38. The first kappa shape index (κ1) is 16.7. The van der Waals surface area contributed by atoms with Crippen LogP contribution < -0.4 is 5.32 Å². The quantitative estimate of drug-likeness (QED) is 0.703. The third kappa shape index (κ3) is 3.75. The van der Waals surface area contributed by atoms with Crippen molar-refractivity contribution in [2.24, 2.45) is 0 Å². The van der Waals surface area contributed by atoms with Gasteiger partial charge < -0.3 is 10.4 Å². The van der Waals surface area contributed by atoms with Gasteiger partial charge in [0.25, 0.3) is 0 Å². The van der Waals surface area contributed by atoms with E-state index in [1.807, 2.05) is 13.0 Å². The second kappa shape index (κ2) is 7.06. The second-order valence-electron chi connectivity index (χ2n) is 4.51.